The minimum Gasteiger partial charge on any atom is -0.666 e. The number of ketones is 1. The van der Waals surface area contributed by atoms with E-state index in [1.54, 1.807) is 6.92 Å². The molecule has 0 aliphatic rings. The number of anilines is 1. The third-order valence-corrected chi connectivity index (χ3v) is 4.14. The van der Waals surface area contributed by atoms with E-state index in [4.69, 9.17) is 15.9 Å². The Kier molecular flexibility index (Phi) is 12.1. The zero-order valence-electron chi connectivity index (χ0n) is 17.0. The van der Waals surface area contributed by atoms with Crippen molar-refractivity contribution in [2.24, 2.45) is 0 Å². The van der Waals surface area contributed by atoms with Gasteiger partial charge in [0.2, 0.25) is 11.8 Å². The molecule has 3 atom stereocenters. The molecule has 0 saturated heterocycles. The monoisotopic (exact) mass is 512 g/mol. The van der Waals surface area contributed by atoms with E-state index in [1.807, 2.05) is 0 Å². The molecular formula is C18H23N4O8Y-. The number of carboxylic acids is 2. The van der Waals surface area contributed by atoms with Crippen LogP contribution in [0.4, 0.5) is 5.69 Å². The summed E-state index contributed by atoms with van der Waals surface area (Å²) in [4.78, 5) is 70.3. The van der Waals surface area contributed by atoms with Crippen LogP contribution in [0, 0.1) is 0 Å². The molecule has 0 fully saturated rings. The van der Waals surface area contributed by atoms with Crippen molar-refractivity contribution < 1.29 is 66.9 Å². The smallest absolute Gasteiger partial charge is 0.305 e. The van der Waals surface area contributed by atoms with Crippen LogP contribution in [0.3, 0.4) is 0 Å². The molecule has 31 heavy (non-hydrogen) atoms. The number of Topliss-reactive ketones (excluding diaryl/α,β-unsaturated/α-hetero) is 1. The molecule has 0 aliphatic carbocycles. The molecule has 1 rings (SSSR count). The Morgan fingerprint density at radius 1 is 1.10 bits per heavy atom. The van der Waals surface area contributed by atoms with Crippen LogP contribution in [0.25, 0.3) is 5.73 Å². The summed E-state index contributed by atoms with van der Waals surface area (Å²) < 4.78 is 0.999. The fourth-order valence-corrected chi connectivity index (χ4v) is 2.59. The first-order chi connectivity index (χ1) is 14.0. The number of nitrogens with zero attached hydrogens (tertiary/aromatic N) is 1. The summed E-state index contributed by atoms with van der Waals surface area (Å²) >= 11 is 0. The van der Waals surface area contributed by atoms with Gasteiger partial charge >= 0.3 is 11.9 Å². The van der Waals surface area contributed by atoms with Crippen molar-refractivity contribution >= 4 is 35.2 Å². The van der Waals surface area contributed by atoms with Crippen molar-refractivity contribution in [1.29, 1.82) is 0 Å². The molecule has 12 nitrogen and oxygen atoms in total. The molecule has 1 unspecified atom stereocenters. The van der Waals surface area contributed by atoms with Crippen molar-refractivity contribution in [3.05, 3.63) is 34.4 Å². The largest absolute Gasteiger partial charge is 0.666 e. The van der Waals surface area contributed by atoms with Gasteiger partial charge in [-0.2, -0.15) is 0 Å². The van der Waals surface area contributed by atoms with Gasteiger partial charge in [-0.05, 0) is 31.5 Å². The maximum absolute atomic E-state index is 12.7. The summed E-state index contributed by atoms with van der Waals surface area (Å²) in [6.07, 6.45) is 0.0296. The van der Waals surface area contributed by atoms with Gasteiger partial charge in [0.1, 0.15) is 11.7 Å². The predicted molar refractivity (Wildman–Crippen MR) is 104 cm³/mol. The Morgan fingerprint density at radius 3 is 2.16 bits per heavy atom. The Hall–Kier alpha value is -2.44. The number of carboxylic acid groups (broad SMARTS) is 2. The SMILES string of the molecule is CCC(C(=O)N[C@@H](CC(=O)O)C(C)=O)n1cccc(NC(=O)[C@@H]([NH-])CC(=O)O)c1=O.[Y]. The van der Waals surface area contributed by atoms with Crippen molar-refractivity contribution in [2.45, 2.75) is 51.2 Å². The number of hydrogen-bond acceptors (Lipinski definition) is 6. The third kappa shape index (κ3) is 8.68. The first-order valence-corrected chi connectivity index (χ1v) is 8.95. The normalized spacial score (nSPS) is 13.1. The zero-order chi connectivity index (χ0) is 23.0. The first-order valence-electron chi connectivity index (χ1n) is 8.95. The number of aliphatic carboxylic acids is 2. The second-order valence-electron chi connectivity index (χ2n) is 6.47. The fraction of sp³-hybridized carbons (Fsp3) is 0.444. The Balaban J connectivity index is 0.00000900. The Labute approximate surface area is 202 Å². The molecule has 13 heteroatoms. The van der Waals surface area contributed by atoms with Crippen molar-refractivity contribution in [2.75, 3.05) is 5.32 Å². The number of carbonyl (C=O) groups excluding carboxylic acids is 3. The van der Waals surface area contributed by atoms with Gasteiger partial charge in [-0.1, -0.05) is 6.92 Å². The summed E-state index contributed by atoms with van der Waals surface area (Å²) in [7, 11) is 0. The van der Waals surface area contributed by atoms with Crippen molar-refractivity contribution in [1.82, 2.24) is 9.88 Å². The quantitative estimate of drug-likeness (QED) is 0.322. The summed E-state index contributed by atoms with van der Waals surface area (Å²) in [6, 6.07) is -1.40. The van der Waals surface area contributed by atoms with Gasteiger partial charge in [-0.15, -0.1) is 0 Å². The number of hydrogen-bond donors (Lipinski definition) is 4. The molecule has 0 saturated carbocycles. The van der Waals surface area contributed by atoms with E-state index in [-0.39, 0.29) is 44.8 Å². The van der Waals surface area contributed by atoms with Gasteiger partial charge in [-0.3, -0.25) is 28.8 Å². The molecule has 0 aliphatic heterocycles. The second kappa shape index (κ2) is 13.1. The van der Waals surface area contributed by atoms with Crippen LogP contribution < -0.4 is 16.2 Å². The maximum Gasteiger partial charge on any atom is 0.305 e. The average Bonchev–Trinajstić information content (AvgIpc) is 2.63. The van der Waals surface area contributed by atoms with E-state index in [1.165, 1.54) is 18.3 Å². The minimum absolute atomic E-state index is 0. The molecule has 1 radical (unpaired) electrons. The van der Waals surface area contributed by atoms with Crippen molar-refractivity contribution in [3.8, 4) is 0 Å². The molecule has 1 aromatic rings. The van der Waals surface area contributed by atoms with Crippen LogP contribution in [-0.4, -0.2) is 56.4 Å². The summed E-state index contributed by atoms with van der Waals surface area (Å²) in [6.45, 7) is 2.72. The molecule has 5 N–H and O–H groups in total. The molecular weight excluding hydrogens is 489 g/mol. The van der Waals surface area contributed by atoms with Gasteiger partial charge < -0.3 is 31.1 Å². The Bertz CT molecular complexity index is 901. The standard InChI is InChI=1S/C18H23N4O8.Y/c1-3-13(17(29)21-12(9(2)23)8-15(26)27)22-6-4-5-11(18(22)30)20-16(28)10(19)7-14(24)25;/h4-6,10,12-13,19H,3,7-8H2,1-2H3,(H,20,28)(H,21,29)(H,24,25)(H,26,27);/q-1;/t10-,12-,13?;/m0./s1. The molecule has 167 valence electrons. The van der Waals surface area contributed by atoms with Crippen LogP contribution in [0.15, 0.2) is 23.1 Å². The van der Waals surface area contributed by atoms with Gasteiger partial charge in [0, 0.05) is 45.3 Å². The maximum atomic E-state index is 12.7. The summed E-state index contributed by atoms with van der Waals surface area (Å²) in [5.41, 5.74) is 6.45. The van der Waals surface area contributed by atoms with Crippen LogP contribution in [0.1, 0.15) is 39.2 Å². The van der Waals surface area contributed by atoms with Gasteiger partial charge in [0.05, 0.1) is 12.5 Å². The first kappa shape index (κ1) is 28.6. The van der Waals surface area contributed by atoms with E-state index < -0.39 is 66.1 Å². The zero-order valence-corrected chi connectivity index (χ0v) is 19.8. The predicted octanol–water partition coefficient (Wildman–Crippen LogP) is 0.179. The summed E-state index contributed by atoms with van der Waals surface area (Å²) in [5, 5.41) is 22.0. The van der Waals surface area contributed by atoms with Crippen molar-refractivity contribution in [3.63, 3.8) is 0 Å². The topological polar surface area (TPSA) is 196 Å². The van der Waals surface area contributed by atoms with Gasteiger partial charge in [-0.25, -0.2) is 0 Å². The summed E-state index contributed by atoms with van der Waals surface area (Å²) in [5.74, 6) is -4.94. The third-order valence-electron chi connectivity index (χ3n) is 4.14. The van der Waals surface area contributed by atoms with E-state index in [9.17, 15) is 28.8 Å². The molecule has 2 amide bonds. The number of carbonyl (C=O) groups is 5. The number of amides is 2. The van der Waals surface area contributed by atoms with Crippen LogP contribution in [0.5, 0.6) is 0 Å². The second-order valence-corrected chi connectivity index (χ2v) is 6.47. The molecule has 1 aromatic heterocycles. The van der Waals surface area contributed by atoms with E-state index >= 15 is 0 Å². The molecule has 0 aromatic carbocycles. The van der Waals surface area contributed by atoms with E-state index in [0.29, 0.717) is 0 Å². The molecule has 0 bridgehead atoms. The molecule has 1 heterocycles. The van der Waals surface area contributed by atoms with Gasteiger partial charge in [0.15, 0.2) is 5.78 Å². The number of pyridine rings is 1. The minimum atomic E-state index is -1.63. The van der Waals surface area contributed by atoms with Gasteiger partial charge in [0.25, 0.3) is 5.56 Å². The molecule has 0 spiro atoms. The number of nitrogens with one attached hydrogen (secondary N) is 3. The van der Waals surface area contributed by atoms with E-state index in [0.717, 1.165) is 11.5 Å². The van der Waals surface area contributed by atoms with Crippen LogP contribution in [0.2, 0.25) is 0 Å². The average molecular weight is 512 g/mol. The number of rotatable bonds is 11. The van der Waals surface area contributed by atoms with E-state index in [2.05, 4.69) is 10.6 Å². The Morgan fingerprint density at radius 2 is 1.68 bits per heavy atom. The van der Waals surface area contributed by atoms with Crippen LogP contribution in [-0.2, 0) is 56.7 Å². The van der Waals surface area contributed by atoms with Crippen LogP contribution >= 0.6 is 0 Å². The number of aromatic nitrogens is 1. The fourth-order valence-electron chi connectivity index (χ4n) is 2.59.